The van der Waals surface area contributed by atoms with Crippen LogP contribution in [0.1, 0.15) is 5.69 Å². The molecule has 0 aliphatic rings. The van der Waals surface area contributed by atoms with Crippen molar-refractivity contribution in [2.75, 3.05) is 7.11 Å². The van der Waals surface area contributed by atoms with Crippen LogP contribution in [0.25, 0.3) is 11.3 Å². The third-order valence-electron chi connectivity index (χ3n) is 2.44. The van der Waals surface area contributed by atoms with Crippen molar-refractivity contribution in [1.29, 1.82) is 0 Å². The molecular formula is C13H13NO2. The van der Waals surface area contributed by atoms with E-state index in [9.17, 15) is 5.11 Å². The maximum Gasteiger partial charge on any atom is 0.136 e. The number of ether oxygens (including phenoxy) is 1. The number of aromatic hydroxyl groups is 1. The lowest BCUT2D eigenvalue weighted by Crippen LogP contribution is -1.88. The van der Waals surface area contributed by atoms with Gasteiger partial charge in [-0.1, -0.05) is 0 Å². The van der Waals surface area contributed by atoms with Gasteiger partial charge in [-0.2, -0.15) is 0 Å². The normalized spacial score (nSPS) is 10.1. The molecule has 2 aromatic rings. The summed E-state index contributed by atoms with van der Waals surface area (Å²) in [6, 6.07) is 11.1. The molecule has 16 heavy (non-hydrogen) atoms. The Labute approximate surface area is 94.3 Å². The van der Waals surface area contributed by atoms with Gasteiger partial charge < -0.3 is 9.84 Å². The summed E-state index contributed by atoms with van der Waals surface area (Å²) < 4.78 is 5.09. The molecule has 1 aromatic heterocycles. The number of aromatic nitrogens is 1. The highest BCUT2D eigenvalue weighted by Crippen LogP contribution is 2.23. The van der Waals surface area contributed by atoms with Crippen LogP contribution in [-0.2, 0) is 0 Å². The number of aryl methyl sites for hydroxylation is 1. The van der Waals surface area contributed by atoms with Crippen LogP contribution in [0.15, 0.2) is 36.4 Å². The van der Waals surface area contributed by atoms with Crippen LogP contribution in [0.4, 0.5) is 0 Å². The molecule has 1 heterocycles. The van der Waals surface area contributed by atoms with E-state index in [4.69, 9.17) is 4.74 Å². The van der Waals surface area contributed by atoms with Crippen LogP contribution in [0.2, 0.25) is 0 Å². The first-order valence-electron chi connectivity index (χ1n) is 5.02. The number of hydrogen-bond donors (Lipinski definition) is 1. The van der Waals surface area contributed by atoms with Crippen molar-refractivity contribution in [1.82, 2.24) is 4.98 Å². The monoisotopic (exact) mass is 215 g/mol. The molecule has 0 bridgehead atoms. The van der Waals surface area contributed by atoms with Gasteiger partial charge in [0.05, 0.1) is 18.5 Å². The van der Waals surface area contributed by atoms with Crippen molar-refractivity contribution in [3.63, 3.8) is 0 Å². The van der Waals surface area contributed by atoms with E-state index >= 15 is 0 Å². The number of hydrogen-bond acceptors (Lipinski definition) is 3. The highest BCUT2D eigenvalue weighted by Gasteiger charge is 2.02. The predicted octanol–water partition coefficient (Wildman–Crippen LogP) is 2.77. The zero-order valence-corrected chi connectivity index (χ0v) is 9.27. The number of rotatable bonds is 2. The summed E-state index contributed by atoms with van der Waals surface area (Å²) in [5.74, 6) is 1.04. The van der Waals surface area contributed by atoms with Gasteiger partial charge in [0.1, 0.15) is 11.5 Å². The Balaban J connectivity index is 2.38. The molecule has 0 fully saturated rings. The lowest BCUT2D eigenvalue weighted by atomic mass is 10.1. The highest BCUT2D eigenvalue weighted by atomic mass is 16.5. The molecule has 3 heteroatoms. The standard InChI is InChI=1S/C13H13NO2/c1-9-13(15)8-7-12(14-9)10-3-5-11(16-2)6-4-10/h3-8,15H,1-2H3. The van der Waals surface area contributed by atoms with Gasteiger partial charge in [0, 0.05) is 5.56 Å². The minimum atomic E-state index is 0.220. The minimum Gasteiger partial charge on any atom is -0.506 e. The quantitative estimate of drug-likeness (QED) is 0.837. The Kier molecular flexibility index (Phi) is 2.77. The number of nitrogens with zero attached hydrogens (tertiary/aromatic N) is 1. The molecule has 1 aromatic carbocycles. The van der Waals surface area contributed by atoms with Gasteiger partial charge in [-0.05, 0) is 43.3 Å². The zero-order chi connectivity index (χ0) is 11.5. The molecule has 0 aliphatic carbocycles. The molecular weight excluding hydrogens is 202 g/mol. The summed E-state index contributed by atoms with van der Waals surface area (Å²) in [5, 5.41) is 9.39. The van der Waals surface area contributed by atoms with Crippen LogP contribution < -0.4 is 4.74 Å². The SMILES string of the molecule is COc1ccc(-c2ccc(O)c(C)n2)cc1. The van der Waals surface area contributed by atoms with Crippen molar-refractivity contribution in [2.24, 2.45) is 0 Å². The van der Waals surface area contributed by atoms with Gasteiger partial charge in [-0.25, -0.2) is 4.98 Å². The summed E-state index contributed by atoms with van der Waals surface area (Å²) in [4.78, 5) is 4.31. The van der Waals surface area contributed by atoms with Crippen molar-refractivity contribution in [3.8, 4) is 22.8 Å². The maximum atomic E-state index is 9.39. The minimum absolute atomic E-state index is 0.220. The van der Waals surface area contributed by atoms with Crippen molar-refractivity contribution in [3.05, 3.63) is 42.1 Å². The van der Waals surface area contributed by atoms with E-state index in [0.717, 1.165) is 17.0 Å². The van der Waals surface area contributed by atoms with Gasteiger partial charge in [0.15, 0.2) is 0 Å². The van der Waals surface area contributed by atoms with E-state index in [0.29, 0.717) is 5.69 Å². The zero-order valence-electron chi connectivity index (χ0n) is 9.27. The summed E-state index contributed by atoms with van der Waals surface area (Å²) in [7, 11) is 1.64. The fraction of sp³-hybridized carbons (Fsp3) is 0.154. The topological polar surface area (TPSA) is 42.4 Å². The van der Waals surface area contributed by atoms with Crippen molar-refractivity contribution in [2.45, 2.75) is 6.92 Å². The molecule has 0 radical (unpaired) electrons. The van der Waals surface area contributed by atoms with Crippen LogP contribution in [0.5, 0.6) is 11.5 Å². The molecule has 2 rings (SSSR count). The van der Waals surface area contributed by atoms with E-state index in [-0.39, 0.29) is 5.75 Å². The second-order valence-corrected chi connectivity index (χ2v) is 3.53. The van der Waals surface area contributed by atoms with Crippen LogP contribution >= 0.6 is 0 Å². The van der Waals surface area contributed by atoms with Crippen LogP contribution in [-0.4, -0.2) is 17.2 Å². The van der Waals surface area contributed by atoms with Crippen LogP contribution in [0.3, 0.4) is 0 Å². The predicted molar refractivity (Wildman–Crippen MR) is 62.6 cm³/mol. The smallest absolute Gasteiger partial charge is 0.136 e. The Morgan fingerprint density at radius 3 is 2.31 bits per heavy atom. The van der Waals surface area contributed by atoms with E-state index in [1.165, 1.54) is 0 Å². The largest absolute Gasteiger partial charge is 0.506 e. The van der Waals surface area contributed by atoms with Crippen molar-refractivity contribution >= 4 is 0 Å². The van der Waals surface area contributed by atoms with E-state index < -0.39 is 0 Å². The first kappa shape index (κ1) is 10.5. The summed E-state index contributed by atoms with van der Waals surface area (Å²) in [5.41, 5.74) is 2.48. The Morgan fingerprint density at radius 2 is 1.75 bits per heavy atom. The van der Waals surface area contributed by atoms with Crippen LogP contribution in [0, 0.1) is 6.92 Å². The van der Waals surface area contributed by atoms with E-state index in [2.05, 4.69) is 4.98 Å². The molecule has 1 N–H and O–H groups in total. The second-order valence-electron chi connectivity index (χ2n) is 3.53. The third kappa shape index (κ3) is 1.98. The number of benzene rings is 1. The van der Waals surface area contributed by atoms with Gasteiger partial charge in [0.25, 0.3) is 0 Å². The molecule has 82 valence electrons. The lowest BCUT2D eigenvalue weighted by Gasteiger charge is -2.05. The Bertz CT molecular complexity index is 492. The summed E-state index contributed by atoms with van der Waals surface area (Å²) in [6.45, 7) is 1.78. The van der Waals surface area contributed by atoms with E-state index in [1.54, 1.807) is 26.2 Å². The fourth-order valence-electron chi connectivity index (χ4n) is 1.48. The van der Waals surface area contributed by atoms with Gasteiger partial charge in [0.2, 0.25) is 0 Å². The summed E-state index contributed by atoms with van der Waals surface area (Å²) >= 11 is 0. The molecule has 0 aliphatic heterocycles. The molecule has 0 saturated heterocycles. The molecule has 0 saturated carbocycles. The molecule has 0 spiro atoms. The third-order valence-corrected chi connectivity index (χ3v) is 2.44. The Morgan fingerprint density at radius 1 is 1.06 bits per heavy atom. The lowest BCUT2D eigenvalue weighted by molar-refractivity contribution is 0.415. The average Bonchev–Trinajstić information content (AvgIpc) is 2.33. The van der Waals surface area contributed by atoms with Gasteiger partial charge in [-0.3, -0.25) is 0 Å². The first-order valence-corrected chi connectivity index (χ1v) is 5.02. The highest BCUT2D eigenvalue weighted by molar-refractivity contribution is 5.61. The van der Waals surface area contributed by atoms with Gasteiger partial charge in [-0.15, -0.1) is 0 Å². The number of pyridine rings is 1. The Hall–Kier alpha value is -2.03. The van der Waals surface area contributed by atoms with E-state index in [1.807, 2.05) is 24.3 Å². The second kappa shape index (κ2) is 4.23. The first-order chi connectivity index (χ1) is 7.70. The average molecular weight is 215 g/mol. The van der Waals surface area contributed by atoms with Gasteiger partial charge >= 0.3 is 0 Å². The van der Waals surface area contributed by atoms with Crippen molar-refractivity contribution < 1.29 is 9.84 Å². The fourth-order valence-corrected chi connectivity index (χ4v) is 1.48. The summed E-state index contributed by atoms with van der Waals surface area (Å²) in [6.07, 6.45) is 0. The maximum absolute atomic E-state index is 9.39. The molecule has 0 atom stereocenters. The number of methoxy groups -OCH3 is 1. The molecule has 0 unspecified atom stereocenters. The molecule has 3 nitrogen and oxygen atoms in total. The molecule has 0 amide bonds.